The van der Waals surface area contributed by atoms with Gasteiger partial charge in [-0.1, -0.05) is 6.07 Å². The summed E-state index contributed by atoms with van der Waals surface area (Å²) >= 11 is 0. The summed E-state index contributed by atoms with van der Waals surface area (Å²) in [6.07, 6.45) is 1.70. The van der Waals surface area contributed by atoms with Crippen molar-refractivity contribution in [1.29, 1.82) is 0 Å². The molecule has 126 valence electrons. The maximum atomic E-state index is 13.8. The molecule has 4 nitrogen and oxygen atoms in total. The number of hydrogen-bond acceptors (Lipinski definition) is 3. The average molecular weight is 329 g/mol. The van der Waals surface area contributed by atoms with E-state index in [0.29, 0.717) is 22.5 Å². The fourth-order valence-corrected chi connectivity index (χ4v) is 2.81. The zero-order valence-electron chi connectivity index (χ0n) is 14.1. The van der Waals surface area contributed by atoms with Crippen LogP contribution in [0.1, 0.15) is 40.2 Å². The second-order valence-corrected chi connectivity index (χ2v) is 6.36. The number of aryl methyl sites for hydroxylation is 2. The van der Waals surface area contributed by atoms with E-state index in [0.717, 1.165) is 18.5 Å². The number of nitrogens with zero attached hydrogens (tertiary/aromatic N) is 1. The van der Waals surface area contributed by atoms with Crippen LogP contribution in [-0.2, 0) is 9.53 Å². The number of Topliss-reactive ketones (excluding diaryl/α,β-unsaturated/α-hetero) is 1. The first kappa shape index (κ1) is 16.4. The molecular formula is C19H20FNO3. The Morgan fingerprint density at radius 1 is 1.21 bits per heavy atom. The Labute approximate surface area is 140 Å². The average Bonchev–Trinajstić information content (AvgIpc) is 3.34. The van der Waals surface area contributed by atoms with Crippen molar-refractivity contribution in [3.63, 3.8) is 0 Å². The van der Waals surface area contributed by atoms with Gasteiger partial charge in [-0.3, -0.25) is 9.59 Å². The molecule has 0 bridgehead atoms. The quantitative estimate of drug-likeness (QED) is 0.621. The minimum atomic E-state index is -0.294. The molecule has 3 rings (SSSR count). The first-order chi connectivity index (χ1) is 11.4. The highest BCUT2D eigenvalue weighted by atomic mass is 19.1. The maximum Gasteiger partial charge on any atom is 0.309 e. The van der Waals surface area contributed by atoms with Gasteiger partial charge < -0.3 is 9.30 Å². The van der Waals surface area contributed by atoms with Crippen molar-refractivity contribution in [2.75, 3.05) is 6.61 Å². The third-order valence-electron chi connectivity index (χ3n) is 4.40. The maximum absolute atomic E-state index is 13.8. The molecule has 1 fully saturated rings. The molecule has 0 radical (unpaired) electrons. The number of carbonyl (C=O) groups is 2. The number of esters is 1. The number of ketones is 1. The van der Waals surface area contributed by atoms with Crippen LogP contribution in [0.2, 0.25) is 0 Å². The Bertz CT molecular complexity index is 818. The van der Waals surface area contributed by atoms with Crippen molar-refractivity contribution in [3.05, 3.63) is 52.6 Å². The highest BCUT2D eigenvalue weighted by Crippen LogP contribution is 2.30. The summed E-state index contributed by atoms with van der Waals surface area (Å²) < 4.78 is 20.7. The molecule has 1 aliphatic rings. The van der Waals surface area contributed by atoms with Crippen LogP contribution < -0.4 is 0 Å². The fourth-order valence-electron chi connectivity index (χ4n) is 2.81. The summed E-state index contributed by atoms with van der Waals surface area (Å²) in [5, 5.41) is 0. The third-order valence-corrected chi connectivity index (χ3v) is 4.40. The van der Waals surface area contributed by atoms with Crippen LogP contribution in [0.15, 0.2) is 24.3 Å². The summed E-state index contributed by atoms with van der Waals surface area (Å²) in [6.45, 7) is 5.12. The number of rotatable bonds is 5. The monoisotopic (exact) mass is 329 g/mol. The molecule has 1 aromatic carbocycles. The number of ether oxygens (including phenoxy) is 1. The van der Waals surface area contributed by atoms with Crippen LogP contribution in [0.3, 0.4) is 0 Å². The molecule has 24 heavy (non-hydrogen) atoms. The minimum Gasteiger partial charge on any atom is -0.457 e. The summed E-state index contributed by atoms with van der Waals surface area (Å²) in [6, 6.07) is 6.74. The van der Waals surface area contributed by atoms with Gasteiger partial charge in [0.1, 0.15) is 5.82 Å². The lowest BCUT2D eigenvalue weighted by atomic mass is 10.1. The van der Waals surface area contributed by atoms with Crippen LogP contribution in [0.25, 0.3) is 5.69 Å². The Balaban J connectivity index is 1.84. The van der Waals surface area contributed by atoms with Crippen LogP contribution in [0.5, 0.6) is 0 Å². The summed E-state index contributed by atoms with van der Waals surface area (Å²) in [7, 11) is 0. The topological polar surface area (TPSA) is 48.3 Å². The minimum absolute atomic E-state index is 0.0271. The molecule has 0 N–H and O–H groups in total. The van der Waals surface area contributed by atoms with Gasteiger partial charge in [0.2, 0.25) is 5.78 Å². The van der Waals surface area contributed by atoms with Gasteiger partial charge in [0.05, 0.1) is 5.92 Å². The van der Waals surface area contributed by atoms with Crippen molar-refractivity contribution in [2.24, 2.45) is 5.92 Å². The fraction of sp³-hybridized carbons (Fsp3) is 0.368. The largest absolute Gasteiger partial charge is 0.457 e. The van der Waals surface area contributed by atoms with E-state index in [9.17, 15) is 14.0 Å². The van der Waals surface area contributed by atoms with Crippen LogP contribution in [0, 0.1) is 32.5 Å². The Hall–Kier alpha value is -2.43. The van der Waals surface area contributed by atoms with Crippen LogP contribution in [-0.4, -0.2) is 22.9 Å². The van der Waals surface area contributed by atoms with Crippen LogP contribution in [0.4, 0.5) is 4.39 Å². The van der Waals surface area contributed by atoms with E-state index in [1.54, 1.807) is 26.0 Å². The van der Waals surface area contributed by atoms with E-state index in [1.165, 1.54) is 6.07 Å². The molecule has 1 aliphatic carbocycles. The normalized spacial score (nSPS) is 13.8. The van der Waals surface area contributed by atoms with Gasteiger partial charge in [-0.2, -0.15) is 0 Å². The van der Waals surface area contributed by atoms with Crippen molar-refractivity contribution < 1.29 is 18.7 Å². The molecule has 0 atom stereocenters. The Morgan fingerprint density at radius 3 is 2.54 bits per heavy atom. The molecule has 0 unspecified atom stereocenters. The van der Waals surface area contributed by atoms with Gasteiger partial charge in [-0.15, -0.1) is 0 Å². The molecular weight excluding hydrogens is 309 g/mol. The van der Waals surface area contributed by atoms with E-state index in [1.807, 2.05) is 17.6 Å². The Morgan fingerprint density at radius 2 is 1.92 bits per heavy atom. The summed E-state index contributed by atoms with van der Waals surface area (Å²) in [4.78, 5) is 23.9. The highest BCUT2D eigenvalue weighted by molar-refractivity contribution is 5.99. The predicted octanol–water partition coefficient (Wildman–Crippen LogP) is 3.68. The van der Waals surface area contributed by atoms with Crippen molar-refractivity contribution >= 4 is 11.8 Å². The zero-order chi connectivity index (χ0) is 17.4. The lowest BCUT2D eigenvalue weighted by Gasteiger charge is -2.11. The third kappa shape index (κ3) is 3.11. The van der Waals surface area contributed by atoms with E-state index in [-0.39, 0.29) is 30.1 Å². The second-order valence-electron chi connectivity index (χ2n) is 6.36. The SMILES string of the molecule is Cc1ccc(-n2c(C)cc(C(=O)COC(=O)C3CC3)c2C)cc1F. The first-order valence-corrected chi connectivity index (χ1v) is 8.03. The number of hydrogen-bond donors (Lipinski definition) is 0. The predicted molar refractivity (Wildman–Crippen MR) is 88.0 cm³/mol. The molecule has 0 amide bonds. The molecule has 5 heteroatoms. The molecule has 0 spiro atoms. The lowest BCUT2D eigenvalue weighted by Crippen LogP contribution is -2.15. The van der Waals surface area contributed by atoms with Gasteiger partial charge in [0.15, 0.2) is 6.61 Å². The number of halogens is 1. The number of benzene rings is 1. The molecule has 2 aromatic rings. The lowest BCUT2D eigenvalue weighted by molar-refractivity contribution is -0.144. The molecule has 1 aromatic heterocycles. The van der Waals surface area contributed by atoms with E-state index < -0.39 is 0 Å². The van der Waals surface area contributed by atoms with Gasteiger partial charge >= 0.3 is 5.97 Å². The van der Waals surface area contributed by atoms with Crippen molar-refractivity contribution in [1.82, 2.24) is 4.57 Å². The zero-order valence-corrected chi connectivity index (χ0v) is 14.1. The second kappa shape index (κ2) is 6.23. The standard InChI is InChI=1S/C19H20FNO3/c1-11-4-7-15(9-17(11)20)21-12(2)8-16(13(21)3)18(22)10-24-19(23)14-5-6-14/h4,7-9,14H,5-6,10H2,1-3H3. The smallest absolute Gasteiger partial charge is 0.309 e. The van der Waals surface area contributed by atoms with Gasteiger partial charge in [-0.05, 0) is 57.4 Å². The first-order valence-electron chi connectivity index (χ1n) is 8.03. The Kier molecular flexibility index (Phi) is 4.26. The van der Waals surface area contributed by atoms with E-state index in [4.69, 9.17) is 4.74 Å². The number of carbonyl (C=O) groups excluding carboxylic acids is 2. The van der Waals surface area contributed by atoms with Crippen molar-refractivity contribution in [2.45, 2.75) is 33.6 Å². The van der Waals surface area contributed by atoms with E-state index in [2.05, 4.69) is 0 Å². The summed E-state index contributed by atoms with van der Waals surface area (Å²) in [5.74, 6) is -0.847. The number of aromatic nitrogens is 1. The molecule has 1 heterocycles. The van der Waals surface area contributed by atoms with E-state index >= 15 is 0 Å². The van der Waals surface area contributed by atoms with Gasteiger partial charge in [0, 0.05) is 22.6 Å². The van der Waals surface area contributed by atoms with Crippen molar-refractivity contribution in [3.8, 4) is 5.69 Å². The van der Waals surface area contributed by atoms with Crippen LogP contribution >= 0.6 is 0 Å². The van der Waals surface area contributed by atoms with Gasteiger partial charge in [-0.25, -0.2) is 4.39 Å². The molecule has 0 aliphatic heterocycles. The van der Waals surface area contributed by atoms with Gasteiger partial charge in [0.25, 0.3) is 0 Å². The molecule has 1 saturated carbocycles. The summed E-state index contributed by atoms with van der Waals surface area (Å²) in [5.41, 5.74) is 3.28. The highest BCUT2D eigenvalue weighted by Gasteiger charge is 2.31. The molecule has 0 saturated heterocycles.